The Morgan fingerprint density at radius 2 is 1.58 bits per heavy atom. The topological polar surface area (TPSA) is 114 Å². The van der Waals surface area contributed by atoms with Crippen LogP contribution in [0.1, 0.15) is 67.3 Å². The molecule has 1 aliphatic rings. The molecule has 6 rings (SSSR count). The van der Waals surface area contributed by atoms with Gasteiger partial charge in [-0.2, -0.15) is 0 Å². The second-order valence-electron chi connectivity index (χ2n) is 11.9. The maximum Gasteiger partial charge on any atom is 0.341 e. The molecule has 0 bridgehead atoms. The van der Waals surface area contributed by atoms with Crippen LogP contribution in [0.15, 0.2) is 120 Å². The third-order valence-corrected chi connectivity index (χ3v) is 11.1. The van der Waals surface area contributed by atoms with Gasteiger partial charge in [-0.25, -0.2) is 4.79 Å². The number of anilines is 2. The molecule has 1 unspecified atom stereocenters. The van der Waals surface area contributed by atoms with E-state index in [-0.39, 0.29) is 18.2 Å². The number of benzene rings is 4. The summed E-state index contributed by atoms with van der Waals surface area (Å²) in [5, 5.41) is 8.94. The van der Waals surface area contributed by atoms with Crippen molar-refractivity contribution < 1.29 is 23.9 Å². The minimum Gasteiger partial charge on any atom is -0.462 e. The summed E-state index contributed by atoms with van der Waals surface area (Å²) in [5.74, 6) is -1.72. The average Bonchev–Trinajstić information content (AvgIpc) is 3.53. The van der Waals surface area contributed by atoms with Crippen LogP contribution in [0.25, 0.3) is 6.08 Å². The summed E-state index contributed by atoms with van der Waals surface area (Å²) in [6, 6.07) is 32.2. The highest BCUT2D eigenvalue weighted by Gasteiger charge is 2.30. The summed E-state index contributed by atoms with van der Waals surface area (Å²) in [4.78, 5) is 55.9. The molecule has 0 spiro atoms. The van der Waals surface area contributed by atoms with Crippen molar-refractivity contribution in [1.82, 2.24) is 5.32 Å². The fourth-order valence-electron chi connectivity index (χ4n) is 5.82. The Balaban J connectivity index is 1.25. The zero-order valence-electron chi connectivity index (χ0n) is 28.3. The van der Waals surface area contributed by atoms with Gasteiger partial charge in [0.2, 0.25) is 5.91 Å². The van der Waals surface area contributed by atoms with Gasteiger partial charge in [0.05, 0.1) is 12.2 Å². The third-order valence-electron chi connectivity index (χ3n) is 8.31. The molecule has 0 saturated heterocycles. The van der Waals surface area contributed by atoms with E-state index in [0.717, 1.165) is 41.7 Å². The average molecular weight is 750 g/mol. The molecule has 3 amide bonds. The van der Waals surface area contributed by atoms with Gasteiger partial charge < -0.3 is 20.7 Å². The smallest absolute Gasteiger partial charge is 0.341 e. The van der Waals surface area contributed by atoms with Gasteiger partial charge in [-0.05, 0) is 91.8 Å². The first-order valence-corrected chi connectivity index (χ1v) is 19.0. The SMILES string of the molecule is CCOC(=O)c1c(NC(=O)C(Sc2cccc(NC(=O)/C(=C\c3ccccc3Cl)NC(=O)c3ccccc3)c2)c2ccccc2)sc2c1CCCC2. The number of halogens is 1. The van der Waals surface area contributed by atoms with Crippen molar-refractivity contribution >= 4 is 75.2 Å². The molecule has 0 radical (unpaired) electrons. The van der Waals surface area contributed by atoms with Gasteiger partial charge in [0.15, 0.2) is 0 Å². The van der Waals surface area contributed by atoms with E-state index in [9.17, 15) is 19.2 Å². The van der Waals surface area contributed by atoms with E-state index in [2.05, 4.69) is 16.0 Å². The molecule has 1 atom stereocenters. The Bertz CT molecular complexity index is 2120. The van der Waals surface area contributed by atoms with Crippen LogP contribution >= 0.6 is 34.7 Å². The molecule has 1 aromatic heterocycles. The Labute approximate surface area is 315 Å². The van der Waals surface area contributed by atoms with E-state index < -0.39 is 23.0 Å². The highest BCUT2D eigenvalue weighted by Crippen LogP contribution is 2.41. The summed E-state index contributed by atoms with van der Waals surface area (Å²) in [6.45, 7) is 2.01. The number of ether oxygens (including phenoxy) is 1. The number of esters is 1. The van der Waals surface area contributed by atoms with Crippen molar-refractivity contribution in [3.63, 3.8) is 0 Å². The summed E-state index contributed by atoms with van der Waals surface area (Å²) >= 11 is 9.16. The van der Waals surface area contributed by atoms with Crippen LogP contribution < -0.4 is 16.0 Å². The fourth-order valence-corrected chi connectivity index (χ4v) is 8.38. The molecular weight excluding hydrogens is 714 g/mol. The Kier molecular flexibility index (Phi) is 12.2. The number of aryl methyl sites for hydroxylation is 1. The van der Waals surface area contributed by atoms with Gasteiger partial charge in [0.25, 0.3) is 11.8 Å². The number of thiophene rings is 1. The zero-order chi connectivity index (χ0) is 36.5. The van der Waals surface area contributed by atoms with Gasteiger partial charge in [-0.1, -0.05) is 84.4 Å². The first-order chi connectivity index (χ1) is 25.3. The fraction of sp³-hybridized carbons (Fsp3) is 0.171. The van der Waals surface area contributed by atoms with E-state index in [0.29, 0.717) is 37.3 Å². The van der Waals surface area contributed by atoms with E-state index >= 15 is 0 Å². The number of carbonyl (C=O) groups excluding carboxylic acids is 4. The van der Waals surface area contributed by atoms with Crippen LogP contribution in [0.3, 0.4) is 0 Å². The van der Waals surface area contributed by atoms with Crippen LogP contribution in [0.4, 0.5) is 10.7 Å². The van der Waals surface area contributed by atoms with E-state index in [4.69, 9.17) is 16.3 Å². The van der Waals surface area contributed by atoms with Crippen molar-refractivity contribution in [2.75, 3.05) is 17.2 Å². The van der Waals surface area contributed by atoms with Gasteiger partial charge >= 0.3 is 5.97 Å². The van der Waals surface area contributed by atoms with Crippen LogP contribution in [0, 0.1) is 0 Å². The maximum atomic E-state index is 14.1. The van der Waals surface area contributed by atoms with Gasteiger partial charge in [-0.3, -0.25) is 14.4 Å². The summed E-state index contributed by atoms with van der Waals surface area (Å²) in [7, 11) is 0. The normalized spacial score (nSPS) is 13.0. The number of amides is 3. The van der Waals surface area contributed by atoms with Gasteiger partial charge in [-0.15, -0.1) is 23.1 Å². The number of thioether (sulfide) groups is 1. The number of fused-ring (bicyclic) bond motifs is 1. The van der Waals surface area contributed by atoms with Crippen LogP contribution in [-0.2, 0) is 27.2 Å². The molecule has 0 aliphatic heterocycles. The molecular formula is C41H36ClN3O5S2. The Hall–Kier alpha value is -5.16. The van der Waals surface area contributed by atoms with Crippen molar-refractivity contribution in [3.8, 4) is 0 Å². The number of hydrogen-bond donors (Lipinski definition) is 3. The number of nitrogens with one attached hydrogen (secondary N) is 3. The van der Waals surface area contributed by atoms with Crippen LogP contribution in [0.5, 0.6) is 0 Å². The lowest BCUT2D eigenvalue weighted by atomic mass is 9.95. The van der Waals surface area contributed by atoms with E-state index in [1.807, 2.05) is 36.4 Å². The number of carbonyl (C=O) groups is 4. The molecule has 3 N–H and O–H groups in total. The number of hydrogen-bond acceptors (Lipinski definition) is 7. The molecule has 4 aromatic carbocycles. The Morgan fingerprint density at radius 1 is 0.865 bits per heavy atom. The molecule has 264 valence electrons. The second kappa shape index (κ2) is 17.4. The van der Waals surface area contributed by atoms with E-state index in [1.54, 1.807) is 79.7 Å². The highest BCUT2D eigenvalue weighted by molar-refractivity contribution is 8.00. The monoisotopic (exact) mass is 749 g/mol. The summed E-state index contributed by atoms with van der Waals surface area (Å²) < 4.78 is 5.40. The Morgan fingerprint density at radius 3 is 2.33 bits per heavy atom. The third kappa shape index (κ3) is 9.00. The maximum absolute atomic E-state index is 14.1. The highest BCUT2D eigenvalue weighted by atomic mass is 35.5. The van der Waals surface area contributed by atoms with Crippen LogP contribution in [0.2, 0.25) is 5.02 Å². The van der Waals surface area contributed by atoms with Crippen molar-refractivity contribution in [3.05, 3.63) is 153 Å². The lowest BCUT2D eigenvalue weighted by Crippen LogP contribution is -2.30. The van der Waals surface area contributed by atoms with Crippen molar-refractivity contribution in [2.24, 2.45) is 0 Å². The lowest BCUT2D eigenvalue weighted by molar-refractivity contribution is -0.116. The van der Waals surface area contributed by atoms with Gasteiger partial charge in [0, 0.05) is 26.0 Å². The zero-order valence-corrected chi connectivity index (χ0v) is 30.7. The van der Waals surface area contributed by atoms with Gasteiger partial charge in [0.1, 0.15) is 15.9 Å². The summed E-state index contributed by atoms with van der Waals surface area (Å²) in [5.41, 5.74) is 3.60. The molecule has 0 saturated carbocycles. The molecule has 1 aliphatic carbocycles. The second-order valence-corrected chi connectivity index (χ2v) is 14.6. The molecule has 1 heterocycles. The minimum atomic E-state index is -0.692. The quantitative estimate of drug-likeness (QED) is 0.0666. The van der Waals surface area contributed by atoms with Crippen molar-refractivity contribution in [2.45, 2.75) is 42.8 Å². The summed E-state index contributed by atoms with van der Waals surface area (Å²) in [6.07, 6.45) is 5.18. The molecule has 0 fully saturated rings. The molecule has 11 heteroatoms. The largest absolute Gasteiger partial charge is 0.462 e. The van der Waals surface area contributed by atoms with Crippen LogP contribution in [-0.4, -0.2) is 30.3 Å². The first kappa shape index (κ1) is 36.6. The standard InChI is InChI=1S/C41H36ClN3O5S2/c1-2-50-41(49)35-31-21-10-12-23-34(31)52-40(35)45-39(48)36(26-14-5-3-6-15-26)51-30-20-13-19-29(25-30)43-38(47)33(24-28-18-9-11-22-32(28)42)44-37(46)27-16-7-4-8-17-27/h3-9,11,13-20,22,24-25,36H,2,10,12,21,23H2,1H3,(H,43,47)(H,44,46)(H,45,48)/b33-24+. The lowest BCUT2D eigenvalue weighted by Gasteiger charge is -2.18. The minimum absolute atomic E-state index is 0.00222. The molecule has 8 nitrogen and oxygen atoms in total. The molecule has 52 heavy (non-hydrogen) atoms. The molecule has 5 aromatic rings. The predicted octanol–water partition coefficient (Wildman–Crippen LogP) is 9.34. The van der Waals surface area contributed by atoms with E-state index in [1.165, 1.54) is 29.2 Å². The first-order valence-electron chi connectivity index (χ1n) is 16.9. The van der Waals surface area contributed by atoms with Crippen molar-refractivity contribution in [1.29, 1.82) is 0 Å². The predicted molar refractivity (Wildman–Crippen MR) is 209 cm³/mol. The number of rotatable bonds is 12.